The number of hydrogen-bond donors (Lipinski definition) is 1. The molecular formula is C17H28N2S. The van der Waals surface area contributed by atoms with E-state index >= 15 is 0 Å². The molecule has 0 aromatic carbocycles. The first kappa shape index (κ1) is 14.6. The Hall–Kier alpha value is -0.380. The van der Waals surface area contributed by atoms with E-state index in [9.17, 15) is 0 Å². The molecule has 0 amide bonds. The minimum absolute atomic E-state index is 0.786. The molecule has 2 aliphatic rings. The van der Waals surface area contributed by atoms with Crippen LogP contribution in [0.4, 0.5) is 0 Å². The predicted octanol–water partition coefficient (Wildman–Crippen LogP) is 4.02. The van der Waals surface area contributed by atoms with E-state index in [1.54, 1.807) is 0 Å². The lowest BCUT2D eigenvalue weighted by molar-refractivity contribution is 0.128. The maximum Gasteiger partial charge on any atom is 0.0247 e. The zero-order valence-corrected chi connectivity index (χ0v) is 13.5. The zero-order chi connectivity index (χ0) is 13.8. The number of hydrogen-bond acceptors (Lipinski definition) is 3. The second-order valence-electron chi connectivity index (χ2n) is 6.49. The van der Waals surface area contributed by atoms with E-state index in [1.165, 1.54) is 63.6 Å². The fourth-order valence-corrected chi connectivity index (χ4v) is 4.18. The predicted molar refractivity (Wildman–Crippen MR) is 87.2 cm³/mol. The molecule has 0 saturated heterocycles. The molecule has 2 saturated carbocycles. The van der Waals surface area contributed by atoms with Gasteiger partial charge in [-0.05, 0) is 73.9 Å². The molecule has 20 heavy (non-hydrogen) atoms. The van der Waals surface area contributed by atoms with Crippen molar-refractivity contribution in [3.05, 3.63) is 22.4 Å². The maximum absolute atomic E-state index is 3.70. The van der Waals surface area contributed by atoms with Crippen molar-refractivity contribution in [1.82, 2.24) is 10.2 Å². The number of rotatable bonds is 7. The summed E-state index contributed by atoms with van der Waals surface area (Å²) >= 11 is 1.83. The van der Waals surface area contributed by atoms with Crippen molar-refractivity contribution < 1.29 is 0 Å². The van der Waals surface area contributed by atoms with Crippen molar-refractivity contribution in [3.8, 4) is 0 Å². The van der Waals surface area contributed by atoms with Gasteiger partial charge in [-0.1, -0.05) is 6.92 Å². The fourth-order valence-electron chi connectivity index (χ4n) is 3.52. The van der Waals surface area contributed by atoms with E-state index in [0.717, 1.165) is 18.1 Å². The van der Waals surface area contributed by atoms with Crippen LogP contribution in [0.5, 0.6) is 0 Å². The van der Waals surface area contributed by atoms with Gasteiger partial charge in [-0.25, -0.2) is 0 Å². The lowest BCUT2D eigenvalue weighted by Crippen LogP contribution is -2.43. The molecule has 0 spiro atoms. The quantitative estimate of drug-likeness (QED) is 0.816. The summed E-state index contributed by atoms with van der Waals surface area (Å²) in [5.41, 5.74) is 1.52. The van der Waals surface area contributed by atoms with Crippen LogP contribution in [0.15, 0.2) is 16.8 Å². The van der Waals surface area contributed by atoms with E-state index in [1.807, 2.05) is 11.3 Å². The van der Waals surface area contributed by atoms with Gasteiger partial charge in [0.2, 0.25) is 0 Å². The van der Waals surface area contributed by atoms with Gasteiger partial charge in [0.15, 0.2) is 0 Å². The van der Waals surface area contributed by atoms with Crippen LogP contribution in [0.3, 0.4) is 0 Å². The molecule has 2 aliphatic carbocycles. The summed E-state index contributed by atoms with van der Waals surface area (Å²) in [5, 5.41) is 8.24. The molecule has 1 N–H and O–H groups in total. The molecule has 1 heterocycles. The van der Waals surface area contributed by atoms with E-state index in [0.29, 0.717) is 0 Å². The monoisotopic (exact) mass is 292 g/mol. The van der Waals surface area contributed by atoms with Crippen molar-refractivity contribution in [1.29, 1.82) is 0 Å². The van der Waals surface area contributed by atoms with E-state index < -0.39 is 0 Å². The Labute approximate surface area is 127 Å². The Morgan fingerprint density at radius 3 is 2.40 bits per heavy atom. The van der Waals surface area contributed by atoms with Gasteiger partial charge in [-0.15, -0.1) is 0 Å². The number of nitrogens with one attached hydrogen (secondary N) is 1. The molecule has 1 aromatic rings. The topological polar surface area (TPSA) is 15.3 Å². The van der Waals surface area contributed by atoms with Crippen LogP contribution in [-0.4, -0.2) is 29.6 Å². The molecule has 0 unspecified atom stereocenters. The SMILES string of the molecule is CCCNC1CCC(N(Cc2ccsc2)C2CC2)CC1. The highest BCUT2D eigenvalue weighted by Crippen LogP contribution is 2.35. The lowest BCUT2D eigenvalue weighted by Gasteiger charge is -2.37. The van der Waals surface area contributed by atoms with E-state index in [-0.39, 0.29) is 0 Å². The Morgan fingerprint density at radius 1 is 1.15 bits per heavy atom. The van der Waals surface area contributed by atoms with Crippen LogP contribution in [0.25, 0.3) is 0 Å². The third-order valence-corrected chi connectivity index (χ3v) is 5.54. The second kappa shape index (κ2) is 7.06. The smallest absolute Gasteiger partial charge is 0.0247 e. The van der Waals surface area contributed by atoms with Crippen molar-refractivity contribution in [3.63, 3.8) is 0 Å². The van der Waals surface area contributed by atoms with Gasteiger partial charge in [-0.3, -0.25) is 4.90 Å². The van der Waals surface area contributed by atoms with Gasteiger partial charge < -0.3 is 5.32 Å². The van der Waals surface area contributed by atoms with E-state index in [2.05, 4.69) is 34.0 Å². The molecule has 3 heteroatoms. The van der Waals surface area contributed by atoms with Gasteiger partial charge in [0.1, 0.15) is 0 Å². The minimum atomic E-state index is 0.786. The molecule has 2 nitrogen and oxygen atoms in total. The first-order valence-electron chi connectivity index (χ1n) is 8.37. The molecule has 3 rings (SSSR count). The average molecular weight is 292 g/mol. The van der Waals surface area contributed by atoms with Crippen LogP contribution >= 0.6 is 11.3 Å². The van der Waals surface area contributed by atoms with Gasteiger partial charge in [0.05, 0.1) is 0 Å². The molecule has 0 bridgehead atoms. The minimum Gasteiger partial charge on any atom is -0.314 e. The highest BCUT2D eigenvalue weighted by atomic mass is 32.1. The molecule has 0 radical (unpaired) electrons. The summed E-state index contributed by atoms with van der Waals surface area (Å²) < 4.78 is 0. The average Bonchev–Trinajstić information content (AvgIpc) is 3.20. The third-order valence-electron chi connectivity index (χ3n) is 4.81. The van der Waals surface area contributed by atoms with E-state index in [4.69, 9.17) is 0 Å². The summed E-state index contributed by atoms with van der Waals surface area (Å²) in [6, 6.07) is 4.81. The molecule has 1 aromatic heterocycles. The van der Waals surface area contributed by atoms with Crippen LogP contribution in [0.1, 0.15) is 57.4 Å². The first-order valence-corrected chi connectivity index (χ1v) is 9.31. The Bertz CT molecular complexity index is 378. The molecule has 2 fully saturated rings. The highest BCUT2D eigenvalue weighted by Gasteiger charge is 2.35. The Morgan fingerprint density at radius 2 is 1.85 bits per heavy atom. The normalized spacial score (nSPS) is 27.1. The number of thiophene rings is 1. The van der Waals surface area contributed by atoms with Crippen molar-refractivity contribution in [2.24, 2.45) is 0 Å². The standard InChI is InChI=1S/C17H28N2S/c1-2-10-18-15-3-5-16(6-4-15)19(17-7-8-17)12-14-9-11-20-13-14/h9,11,13,15-18H,2-8,10,12H2,1H3. The lowest BCUT2D eigenvalue weighted by atomic mass is 9.89. The van der Waals surface area contributed by atoms with Gasteiger partial charge in [0, 0.05) is 24.7 Å². The Kier molecular flexibility index (Phi) is 5.14. The molecular weight excluding hydrogens is 264 g/mol. The second-order valence-corrected chi connectivity index (χ2v) is 7.27. The highest BCUT2D eigenvalue weighted by molar-refractivity contribution is 7.07. The van der Waals surface area contributed by atoms with Crippen molar-refractivity contribution in [2.45, 2.75) is 76.5 Å². The fraction of sp³-hybridized carbons (Fsp3) is 0.765. The summed E-state index contributed by atoms with van der Waals surface area (Å²) in [5.74, 6) is 0. The number of nitrogens with zero attached hydrogens (tertiary/aromatic N) is 1. The van der Waals surface area contributed by atoms with Crippen molar-refractivity contribution >= 4 is 11.3 Å². The van der Waals surface area contributed by atoms with Gasteiger partial charge >= 0.3 is 0 Å². The van der Waals surface area contributed by atoms with Crippen LogP contribution in [-0.2, 0) is 6.54 Å². The third kappa shape index (κ3) is 3.84. The summed E-state index contributed by atoms with van der Waals surface area (Å²) in [7, 11) is 0. The summed E-state index contributed by atoms with van der Waals surface area (Å²) in [6.07, 6.45) is 9.64. The van der Waals surface area contributed by atoms with Gasteiger partial charge in [-0.2, -0.15) is 11.3 Å². The largest absolute Gasteiger partial charge is 0.314 e. The molecule has 0 atom stereocenters. The van der Waals surface area contributed by atoms with Crippen LogP contribution in [0, 0.1) is 0 Å². The van der Waals surface area contributed by atoms with Crippen LogP contribution in [0.2, 0.25) is 0 Å². The summed E-state index contributed by atoms with van der Waals surface area (Å²) in [6.45, 7) is 4.64. The van der Waals surface area contributed by atoms with Gasteiger partial charge in [0.25, 0.3) is 0 Å². The molecule has 112 valence electrons. The van der Waals surface area contributed by atoms with Crippen LogP contribution < -0.4 is 5.32 Å². The maximum atomic E-state index is 3.70. The first-order chi connectivity index (χ1) is 9.86. The summed E-state index contributed by atoms with van der Waals surface area (Å²) in [4.78, 5) is 2.82. The molecule has 0 aliphatic heterocycles. The van der Waals surface area contributed by atoms with Crippen molar-refractivity contribution in [2.75, 3.05) is 6.54 Å². The Balaban J connectivity index is 1.51. The zero-order valence-electron chi connectivity index (χ0n) is 12.7.